The number of aromatic nitrogens is 5. The Labute approximate surface area is 684 Å². The number of pyridine rings is 5. The van der Waals surface area contributed by atoms with Crippen LogP contribution in [0, 0.1) is 76.0 Å². The van der Waals surface area contributed by atoms with E-state index in [2.05, 4.69) is 356 Å². The third-order valence-electron chi connectivity index (χ3n) is 25.4. The molecule has 0 amide bonds. The molecule has 15 rings (SSSR count). The SMILES string of the molecule is Cc1cc(-c2cc3c(cc2C)C(C)(C)CCC3(C)C)[n+](C)cc1C.Cc1cc(-c2ccccc2C)[n+](C)cc1-c1ccccc1.Cc1ccccc1-c1ccc(-c2ccccc2)c[n+]1C.[2H]C([2H])([2H])c1c[n+](C)c(-c2cc3c(cc2C)C(C)(C)CCC3(C)C)cc1C.[2H]C([2H])([2H])c1ccc(-c2cc3c(cc2C)C(C)(C)CCC3(C)C)[n+](C)c1. The number of aryl methyl sites for hydroxylation is 16. The molecular weight excluding hydrogens is 1360 g/mol. The Morgan fingerprint density at radius 1 is 0.223 bits per heavy atom. The number of benzene rings is 7. The summed E-state index contributed by atoms with van der Waals surface area (Å²) in [6.45, 7) is 43.5. The van der Waals surface area contributed by atoms with Gasteiger partial charge in [-0.05, 0) is 279 Å². The Morgan fingerprint density at radius 2 is 0.536 bits per heavy atom. The lowest BCUT2D eigenvalue weighted by molar-refractivity contribution is -0.660. The van der Waals surface area contributed by atoms with Crippen molar-refractivity contribution in [3.8, 4) is 78.5 Å². The molecule has 112 heavy (non-hydrogen) atoms. The summed E-state index contributed by atoms with van der Waals surface area (Å²) in [6, 6.07) is 67.1. The van der Waals surface area contributed by atoms with E-state index in [1.165, 1.54) is 178 Å². The predicted molar refractivity (Wildman–Crippen MR) is 474 cm³/mol. The van der Waals surface area contributed by atoms with Gasteiger partial charge in [0.05, 0.1) is 0 Å². The van der Waals surface area contributed by atoms with Gasteiger partial charge in [0, 0.05) is 94.2 Å². The second-order valence-electron chi connectivity index (χ2n) is 37.0. The van der Waals surface area contributed by atoms with Crippen LogP contribution in [0.5, 0.6) is 0 Å². The maximum Gasteiger partial charge on any atom is 0.212 e. The van der Waals surface area contributed by atoms with Crippen LogP contribution in [0.3, 0.4) is 0 Å². The van der Waals surface area contributed by atoms with E-state index in [9.17, 15) is 0 Å². The molecule has 5 nitrogen and oxygen atoms in total. The third-order valence-corrected chi connectivity index (χ3v) is 25.4. The molecule has 5 aromatic heterocycles. The fraction of sp³-hybridized carbons (Fsp3) is 0.374. The molecule has 0 saturated heterocycles. The minimum Gasteiger partial charge on any atom is -0.201 e. The average Bonchev–Trinajstić information content (AvgIpc) is 0.748. The van der Waals surface area contributed by atoms with Crippen LogP contribution < -0.4 is 22.8 Å². The summed E-state index contributed by atoms with van der Waals surface area (Å²) in [7, 11) is 10.3. The summed E-state index contributed by atoms with van der Waals surface area (Å²) in [4.78, 5) is 0. The molecule has 0 bridgehead atoms. The van der Waals surface area contributed by atoms with E-state index in [0.717, 1.165) is 17.0 Å². The van der Waals surface area contributed by atoms with Gasteiger partial charge < -0.3 is 0 Å². The van der Waals surface area contributed by atoms with Crippen LogP contribution in [-0.4, -0.2) is 0 Å². The van der Waals surface area contributed by atoms with Crippen LogP contribution in [0.15, 0.2) is 219 Å². The molecule has 3 aliphatic rings. The molecule has 0 N–H and O–H groups in total. The Hall–Kier alpha value is -9.71. The van der Waals surface area contributed by atoms with E-state index >= 15 is 0 Å². The molecule has 7 aromatic carbocycles. The smallest absolute Gasteiger partial charge is 0.201 e. The van der Waals surface area contributed by atoms with Gasteiger partial charge in [-0.25, -0.2) is 22.8 Å². The molecule has 0 radical (unpaired) electrons. The van der Waals surface area contributed by atoms with E-state index in [1.54, 1.807) is 24.0 Å². The summed E-state index contributed by atoms with van der Waals surface area (Å²) >= 11 is 0. The van der Waals surface area contributed by atoms with Gasteiger partial charge in [0.25, 0.3) is 0 Å². The molecule has 0 aliphatic heterocycles. The maximum atomic E-state index is 7.77. The quantitative estimate of drug-likeness (QED) is 0.142. The fourth-order valence-electron chi connectivity index (χ4n) is 17.4. The summed E-state index contributed by atoms with van der Waals surface area (Å²) in [5.41, 5.74) is 39.5. The highest BCUT2D eigenvalue weighted by Gasteiger charge is 2.41. The normalized spacial score (nSPS) is 16.6. The van der Waals surface area contributed by atoms with E-state index in [4.69, 9.17) is 8.22 Å². The molecule has 5 heteroatoms. The van der Waals surface area contributed by atoms with Crippen molar-refractivity contribution in [2.75, 3.05) is 0 Å². The van der Waals surface area contributed by atoms with Gasteiger partial charge in [-0.3, -0.25) is 0 Å². The lowest BCUT2D eigenvalue weighted by atomic mass is 9.62. The molecule has 12 aromatic rings. The highest BCUT2D eigenvalue weighted by atomic mass is 14.9. The van der Waals surface area contributed by atoms with E-state index in [-0.39, 0.29) is 32.5 Å². The maximum absolute atomic E-state index is 7.77. The first-order valence-electron chi connectivity index (χ1n) is 43.7. The van der Waals surface area contributed by atoms with Gasteiger partial charge in [0.15, 0.2) is 31.0 Å². The minimum atomic E-state index is -2.09. The number of hydrogen-bond donors (Lipinski definition) is 0. The fourth-order valence-corrected chi connectivity index (χ4v) is 17.4. The van der Waals surface area contributed by atoms with Crippen molar-refractivity contribution in [3.63, 3.8) is 0 Å². The van der Waals surface area contributed by atoms with Crippen LogP contribution in [0.25, 0.3) is 78.5 Å². The summed E-state index contributed by atoms with van der Waals surface area (Å²) in [5, 5.41) is 0. The second kappa shape index (κ2) is 32.8. The van der Waals surface area contributed by atoms with Crippen LogP contribution in [0.1, 0.15) is 224 Å². The molecule has 580 valence electrons. The average molecular weight is 1490 g/mol. The van der Waals surface area contributed by atoms with Crippen LogP contribution in [0.4, 0.5) is 0 Å². The van der Waals surface area contributed by atoms with Crippen LogP contribution in [-0.2, 0) is 67.7 Å². The van der Waals surface area contributed by atoms with Crippen molar-refractivity contribution >= 4 is 0 Å². The highest BCUT2D eigenvalue weighted by molar-refractivity contribution is 5.72. The molecule has 5 heterocycles. The number of rotatable bonds is 7. The largest absolute Gasteiger partial charge is 0.212 e. The zero-order chi connectivity index (χ0) is 86.5. The van der Waals surface area contributed by atoms with E-state index in [1.807, 2.05) is 48.4 Å². The Bertz CT molecular complexity index is 5710. The predicted octanol–water partition coefficient (Wildman–Crippen LogP) is 24.7. The van der Waals surface area contributed by atoms with Gasteiger partial charge >= 0.3 is 0 Å². The van der Waals surface area contributed by atoms with Gasteiger partial charge in [0.1, 0.15) is 35.2 Å². The van der Waals surface area contributed by atoms with E-state index < -0.39 is 13.7 Å². The van der Waals surface area contributed by atoms with Crippen molar-refractivity contribution in [2.24, 2.45) is 35.2 Å². The minimum absolute atomic E-state index is 0.152. The van der Waals surface area contributed by atoms with Gasteiger partial charge in [-0.1, -0.05) is 198 Å². The molecule has 0 spiro atoms. The lowest BCUT2D eigenvalue weighted by Crippen LogP contribution is -2.35. The van der Waals surface area contributed by atoms with Gasteiger partial charge in [-0.15, -0.1) is 0 Å². The van der Waals surface area contributed by atoms with Gasteiger partial charge in [0.2, 0.25) is 28.5 Å². The van der Waals surface area contributed by atoms with Crippen LogP contribution >= 0.6 is 0 Å². The van der Waals surface area contributed by atoms with E-state index in [0.29, 0.717) is 11.1 Å². The summed E-state index contributed by atoms with van der Waals surface area (Å²) in [6.07, 6.45) is 17.5. The molecule has 0 atom stereocenters. The third kappa shape index (κ3) is 17.9. The van der Waals surface area contributed by atoms with Crippen molar-refractivity contribution in [2.45, 2.75) is 230 Å². The summed E-state index contributed by atoms with van der Waals surface area (Å²) in [5.74, 6) is 0. The van der Waals surface area contributed by atoms with Gasteiger partial charge in [-0.2, -0.15) is 0 Å². The first kappa shape index (κ1) is 75.0. The Balaban J connectivity index is 0.000000145. The Morgan fingerprint density at radius 3 is 0.946 bits per heavy atom. The number of hydrogen-bond acceptors (Lipinski definition) is 0. The van der Waals surface area contributed by atoms with Crippen molar-refractivity contribution in [3.05, 3.63) is 314 Å². The summed E-state index contributed by atoms with van der Waals surface area (Å²) < 4.78 is 56.8. The number of fused-ring (bicyclic) bond motifs is 3. The molecule has 3 aliphatic carbocycles. The monoisotopic (exact) mass is 1490 g/mol. The second-order valence-corrected chi connectivity index (χ2v) is 37.0. The molecular formula is C107H132N5+5. The first-order valence-corrected chi connectivity index (χ1v) is 40.7. The van der Waals surface area contributed by atoms with Crippen LogP contribution in [0.2, 0.25) is 0 Å². The molecule has 0 saturated carbocycles. The standard InChI is InChI=1S/2C23H32N.C22H30N.C20H20N.C19H18N/c2*1-15-12-21(24(8)14-17(15)3)18-13-20-19(11-16(18)2)22(4,5)9-10-23(20,6)7;1-15-8-9-20(23(7)14-15)17-13-19-18(12-16(17)2)21(3,4)10-11-22(19,5)6;1-15-9-7-8-12-18(15)20-13-16(2)19(14-21(20)3)17-10-5-4-6-11-17;1-15-8-6-7-11-18(15)19-13-12-17(14-20(19)2)16-9-4-3-5-10-16/h2*11-14H,9-10H2,1-8H3;8-9,12-14H,10-11H2,1-7H3;4-14H,1-3H3;3-14H,1-2H3/q5*+1/i3D3;;1D3;;. The Kier molecular flexibility index (Phi) is 22.0. The van der Waals surface area contributed by atoms with Crippen molar-refractivity contribution < 1.29 is 31.1 Å². The first-order chi connectivity index (χ1) is 55.0. The molecule has 0 fully saturated rings. The molecule has 0 unspecified atom stereocenters. The number of nitrogens with zero attached hydrogens (tertiary/aromatic N) is 5. The zero-order valence-electron chi connectivity index (χ0n) is 78.8. The lowest BCUT2D eigenvalue weighted by Gasteiger charge is -2.42. The van der Waals surface area contributed by atoms with Crippen molar-refractivity contribution in [1.82, 2.24) is 0 Å². The zero-order valence-corrected chi connectivity index (χ0v) is 72.8. The highest BCUT2D eigenvalue weighted by Crippen LogP contribution is 2.51. The topological polar surface area (TPSA) is 19.4 Å². The van der Waals surface area contributed by atoms with Crippen molar-refractivity contribution in [1.29, 1.82) is 0 Å².